The summed E-state index contributed by atoms with van der Waals surface area (Å²) < 4.78 is 20.0. The van der Waals surface area contributed by atoms with Crippen LogP contribution in [-0.2, 0) is 6.54 Å². The van der Waals surface area contributed by atoms with Crippen molar-refractivity contribution in [3.63, 3.8) is 0 Å². The summed E-state index contributed by atoms with van der Waals surface area (Å²) in [5, 5.41) is 13.3. The Labute approximate surface area is 109 Å². The highest BCUT2D eigenvalue weighted by molar-refractivity contribution is 5.95. The van der Waals surface area contributed by atoms with E-state index in [1.54, 1.807) is 0 Å². The highest BCUT2D eigenvalue weighted by Gasteiger charge is 2.20. The molecule has 0 fully saturated rings. The van der Waals surface area contributed by atoms with Crippen LogP contribution >= 0.6 is 0 Å². The lowest BCUT2D eigenvalue weighted by Gasteiger charge is -2.07. The fraction of sp³-hybridized carbons (Fsp3) is 0.231. The summed E-state index contributed by atoms with van der Waals surface area (Å²) in [6.45, 7) is 2.36. The van der Waals surface area contributed by atoms with Gasteiger partial charge in [0, 0.05) is 18.3 Å². The second kappa shape index (κ2) is 5.09. The molecule has 1 aromatic heterocycles. The standard InChI is InChI=1S/C13H13FN2O3/c1-3-16-7-10(13(17)18)12(15-16)9-6-8(14)4-5-11(9)19-2/h4-7H,3H2,1-2H3,(H,17,18). The Hall–Kier alpha value is -2.37. The second-order valence-corrected chi connectivity index (χ2v) is 3.90. The number of ether oxygens (including phenoxy) is 1. The number of aryl methyl sites for hydroxylation is 1. The number of halogens is 1. The monoisotopic (exact) mass is 264 g/mol. The average Bonchev–Trinajstić information content (AvgIpc) is 2.83. The molecule has 0 radical (unpaired) electrons. The highest BCUT2D eigenvalue weighted by atomic mass is 19.1. The van der Waals surface area contributed by atoms with Crippen molar-refractivity contribution in [3.8, 4) is 17.0 Å². The van der Waals surface area contributed by atoms with Crippen molar-refractivity contribution in [2.45, 2.75) is 13.5 Å². The zero-order chi connectivity index (χ0) is 14.0. The largest absolute Gasteiger partial charge is 0.496 e. The summed E-state index contributed by atoms with van der Waals surface area (Å²) in [6.07, 6.45) is 1.42. The van der Waals surface area contributed by atoms with Crippen LogP contribution in [0.4, 0.5) is 4.39 Å². The van der Waals surface area contributed by atoms with Gasteiger partial charge in [0.25, 0.3) is 0 Å². The van der Waals surface area contributed by atoms with Gasteiger partial charge in [-0.1, -0.05) is 0 Å². The van der Waals surface area contributed by atoms with Crippen molar-refractivity contribution < 1.29 is 19.0 Å². The number of methoxy groups -OCH3 is 1. The molecule has 19 heavy (non-hydrogen) atoms. The molecule has 1 N–H and O–H groups in total. The Balaban J connectivity index is 2.66. The average molecular weight is 264 g/mol. The third kappa shape index (κ3) is 2.42. The van der Waals surface area contributed by atoms with E-state index in [1.165, 1.54) is 36.2 Å². The molecule has 0 aliphatic carbocycles. The van der Waals surface area contributed by atoms with Gasteiger partial charge in [0.1, 0.15) is 22.8 Å². The quantitative estimate of drug-likeness (QED) is 0.921. The van der Waals surface area contributed by atoms with Crippen molar-refractivity contribution >= 4 is 5.97 Å². The van der Waals surface area contributed by atoms with E-state index in [1.807, 2.05) is 6.92 Å². The van der Waals surface area contributed by atoms with E-state index in [2.05, 4.69) is 5.10 Å². The predicted octanol–water partition coefficient (Wildman–Crippen LogP) is 2.42. The smallest absolute Gasteiger partial charge is 0.339 e. The zero-order valence-electron chi connectivity index (χ0n) is 10.6. The third-order valence-corrected chi connectivity index (χ3v) is 2.73. The van der Waals surface area contributed by atoms with Crippen molar-refractivity contribution in [2.24, 2.45) is 0 Å². The number of nitrogens with zero attached hydrogens (tertiary/aromatic N) is 2. The van der Waals surface area contributed by atoms with Crippen molar-refractivity contribution in [1.82, 2.24) is 9.78 Å². The summed E-state index contributed by atoms with van der Waals surface area (Å²) >= 11 is 0. The molecule has 1 aromatic carbocycles. The Morgan fingerprint density at radius 2 is 2.26 bits per heavy atom. The molecule has 0 saturated carbocycles. The van der Waals surface area contributed by atoms with E-state index in [0.717, 1.165) is 0 Å². The van der Waals surface area contributed by atoms with Crippen molar-refractivity contribution in [3.05, 3.63) is 35.8 Å². The van der Waals surface area contributed by atoms with Crippen LogP contribution in [0.15, 0.2) is 24.4 Å². The number of aromatic carboxylic acids is 1. The molecule has 0 atom stereocenters. The molecule has 6 heteroatoms. The minimum absolute atomic E-state index is 0.0192. The van der Waals surface area contributed by atoms with E-state index in [-0.39, 0.29) is 11.3 Å². The number of carboxylic acids is 1. The first-order chi connectivity index (χ1) is 9.06. The van der Waals surface area contributed by atoms with Gasteiger partial charge in [0.05, 0.1) is 7.11 Å². The van der Waals surface area contributed by atoms with Gasteiger partial charge in [-0.3, -0.25) is 4.68 Å². The third-order valence-electron chi connectivity index (χ3n) is 2.73. The van der Waals surface area contributed by atoms with Gasteiger partial charge in [-0.05, 0) is 25.1 Å². The summed E-state index contributed by atoms with van der Waals surface area (Å²) in [5.74, 6) is -1.20. The first-order valence-corrected chi connectivity index (χ1v) is 5.71. The molecule has 100 valence electrons. The molecule has 0 amide bonds. The van der Waals surface area contributed by atoms with Gasteiger partial charge in [0.2, 0.25) is 0 Å². The normalized spacial score (nSPS) is 10.5. The number of hydrogen-bond donors (Lipinski definition) is 1. The molecule has 2 aromatic rings. The molecule has 1 heterocycles. The topological polar surface area (TPSA) is 64.4 Å². The molecular weight excluding hydrogens is 251 g/mol. The predicted molar refractivity (Wildman–Crippen MR) is 66.8 cm³/mol. The number of hydrogen-bond acceptors (Lipinski definition) is 3. The maximum Gasteiger partial charge on any atom is 0.339 e. The summed E-state index contributed by atoms with van der Waals surface area (Å²) in [4.78, 5) is 11.2. The van der Waals surface area contributed by atoms with Crippen molar-refractivity contribution in [1.29, 1.82) is 0 Å². The summed E-state index contributed by atoms with van der Waals surface area (Å²) in [7, 11) is 1.44. The lowest BCUT2D eigenvalue weighted by Crippen LogP contribution is -1.98. The molecule has 2 rings (SSSR count). The Kier molecular flexibility index (Phi) is 3.50. The minimum Gasteiger partial charge on any atom is -0.496 e. The van der Waals surface area contributed by atoms with E-state index >= 15 is 0 Å². The van der Waals surface area contributed by atoms with E-state index in [4.69, 9.17) is 4.74 Å². The number of aromatic nitrogens is 2. The summed E-state index contributed by atoms with van der Waals surface area (Å²) in [6, 6.07) is 3.91. The van der Waals surface area contributed by atoms with Gasteiger partial charge in [-0.15, -0.1) is 0 Å². The molecule has 5 nitrogen and oxygen atoms in total. The van der Waals surface area contributed by atoms with Crippen LogP contribution in [0, 0.1) is 5.82 Å². The van der Waals surface area contributed by atoms with E-state index < -0.39 is 11.8 Å². The number of carbonyl (C=O) groups is 1. The lowest BCUT2D eigenvalue weighted by molar-refractivity contribution is 0.0697. The minimum atomic E-state index is -1.11. The van der Waals surface area contributed by atoms with Crippen LogP contribution in [0.1, 0.15) is 17.3 Å². The molecule has 0 bridgehead atoms. The van der Waals surface area contributed by atoms with Crippen LogP contribution in [0.5, 0.6) is 5.75 Å². The van der Waals surface area contributed by atoms with Crippen LogP contribution in [0.3, 0.4) is 0 Å². The van der Waals surface area contributed by atoms with Crippen LogP contribution in [0.2, 0.25) is 0 Å². The van der Waals surface area contributed by atoms with Crippen LogP contribution in [-0.4, -0.2) is 28.0 Å². The fourth-order valence-corrected chi connectivity index (χ4v) is 1.80. The Morgan fingerprint density at radius 1 is 1.53 bits per heavy atom. The Bertz CT molecular complexity index is 622. The fourth-order valence-electron chi connectivity index (χ4n) is 1.80. The van der Waals surface area contributed by atoms with Gasteiger partial charge in [-0.25, -0.2) is 9.18 Å². The summed E-state index contributed by atoms with van der Waals surface area (Å²) in [5.41, 5.74) is 0.545. The van der Waals surface area contributed by atoms with Gasteiger partial charge >= 0.3 is 5.97 Å². The van der Waals surface area contributed by atoms with Crippen LogP contribution < -0.4 is 4.74 Å². The number of benzene rings is 1. The zero-order valence-corrected chi connectivity index (χ0v) is 10.6. The molecule has 0 aliphatic heterocycles. The molecule has 0 aliphatic rings. The first kappa shape index (κ1) is 13.1. The molecule has 0 unspecified atom stereocenters. The lowest BCUT2D eigenvalue weighted by atomic mass is 10.1. The molecular formula is C13H13FN2O3. The molecule has 0 spiro atoms. The molecule has 0 saturated heterocycles. The van der Waals surface area contributed by atoms with E-state index in [0.29, 0.717) is 17.9 Å². The van der Waals surface area contributed by atoms with Crippen molar-refractivity contribution in [2.75, 3.05) is 7.11 Å². The second-order valence-electron chi connectivity index (χ2n) is 3.90. The maximum absolute atomic E-state index is 13.4. The highest BCUT2D eigenvalue weighted by Crippen LogP contribution is 2.31. The van der Waals surface area contributed by atoms with Gasteiger partial charge in [0.15, 0.2) is 0 Å². The maximum atomic E-state index is 13.4. The number of carboxylic acid groups (broad SMARTS) is 1. The first-order valence-electron chi connectivity index (χ1n) is 5.71. The number of rotatable bonds is 4. The SMILES string of the molecule is CCn1cc(C(=O)O)c(-c2cc(F)ccc2OC)n1. The van der Waals surface area contributed by atoms with Gasteiger partial charge in [-0.2, -0.15) is 5.10 Å². The van der Waals surface area contributed by atoms with Crippen LogP contribution in [0.25, 0.3) is 11.3 Å². The van der Waals surface area contributed by atoms with Gasteiger partial charge < -0.3 is 9.84 Å². The van der Waals surface area contributed by atoms with E-state index in [9.17, 15) is 14.3 Å². The Morgan fingerprint density at radius 3 is 2.84 bits per heavy atom.